The van der Waals surface area contributed by atoms with Crippen LogP contribution in [-0.2, 0) is 4.79 Å². The molecule has 0 bridgehead atoms. The SMILES string of the molecule is C[C@@H]1CC[C@@H](Oc2cc(C#N)ccn2)CN1C=O. The molecule has 0 unspecified atom stereocenters. The third kappa shape index (κ3) is 2.77. The minimum Gasteiger partial charge on any atom is -0.472 e. The molecule has 1 amide bonds. The summed E-state index contributed by atoms with van der Waals surface area (Å²) in [7, 11) is 0. The van der Waals surface area contributed by atoms with Crippen molar-refractivity contribution in [2.75, 3.05) is 6.54 Å². The van der Waals surface area contributed by atoms with E-state index in [4.69, 9.17) is 10.00 Å². The lowest BCUT2D eigenvalue weighted by molar-refractivity contribution is -0.123. The molecule has 0 aliphatic carbocycles. The zero-order chi connectivity index (χ0) is 13.0. The first kappa shape index (κ1) is 12.4. The molecular formula is C13H15N3O2. The maximum absolute atomic E-state index is 10.9. The minimum absolute atomic E-state index is 0.0483. The summed E-state index contributed by atoms with van der Waals surface area (Å²) in [6.45, 7) is 2.60. The number of carbonyl (C=O) groups excluding carboxylic acids is 1. The third-order valence-corrected chi connectivity index (χ3v) is 3.17. The van der Waals surface area contributed by atoms with Crippen LogP contribution in [0.4, 0.5) is 0 Å². The van der Waals surface area contributed by atoms with Gasteiger partial charge in [-0.25, -0.2) is 4.98 Å². The Labute approximate surface area is 106 Å². The maximum Gasteiger partial charge on any atom is 0.214 e. The lowest BCUT2D eigenvalue weighted by Crippen LogP contribution is -2.45. The summed E-state index contributed by atoms with van der Waals surface area (Å²) in [6.07, 6.45) is 4.18. The number of carbonyl (C=O) groups is 1. The van der Waals surface area contributed by atoms with Crippen molar-refractivity contribution in [2.24, 2.45) is 0 Å². The van der Waals surface area contributed by atoms with Gasteiger partial charge in [-0.2, -0.15) is 5.26 Å². The second kappa shape index (κ2) is 5.50. The lowest BCUT2D eigenvalue weighted by atomic mass is 10.0. The Morgan fingerprint density at radius 2 is 2.44 bits per heavy atom. The molecule has 0 spiro atoms. The zero-order valence-corrected chi connectivity index (χ0v) is 10.2. The van der Waals surface area contributed by atoms with Crippen LogP contribution < -0.4 is 4.74 Å². The fourth-order valence-electron chi connectivity index (χ4n) is 2.06. The number of nitrogens with zero attached hydrogens (tertiary/aromatic N) is 3. The molecule has 1 saturated heterocycles. The number of pyridine rings is 1. The normalized spacial score (nSPS) is 23.2. The van der Waals surface area contributed by atoms with Crippen LogP contribution in [0.25, 0.3) is 0 Å². The maximum atomic E-state index is 10.9. The van der Waals surface area contributed by atoms with Gasteiger partial charge in [-0.1, -0.05) is 0 Å². The first-order valence-corrected chi connectivity index (χ1v) is 5.97. The Morgan fingerprint density at radius 1 is 1.61 bits per heavy atom. The second-order valence-corrected chi connectivity index (χ2v) is 4.46. The fourth-order valence-corrected chi connectivity index (χ4v) is 2.06. The highest BCUT2D eigenvalue weighted by Gasteiger charge is 2.25. The molecule has 0 saturated carbocycles. The number of ether oxygens (including phenoxy) is 1. The molecular weight excluding hydrogens is 230 g/mol. The Kier molecular flexibility index (Phi) is 3.78. The molecule has 5 heteroatoms. The van der Waals surface area contributed by atoms with E-state index in [0.29, 0.717) is 18.0 Å². The molecule has 0 N–H and O–H groups in total. The number of amides is 1. The molecule has 1 fully saturated rings. The first-order chi connectivity index (χ1) is 8.72. The van der Waals surface area contributed by atoms with E-state index < -0.39 is 0 Å². The monoisotopic (exact) mass is 245 g/mol. The molecule has 5 nitrogen and oxygen atoms in total. The molecule has 2 rings (SSSR count). The summed E-state index contributed by atoms with van der Waals surface area (Å²) < 4.78 is 5.72. The smallest absolute Gasteiger partial charge is 0.214 e. The third-order valence-electron chi connectivity index (χ3n) is 3.17. The Hall–Kier alpha value is -2.09. The van der Waals surface area contributed by atoms with Crippen molar-refractivity contribution in [2.45, 2.75) is 31.9 Å². The molecule has 0 aromatic carbocycles. The van der Waals surface area contributed by atoms with Crippen LogP contribution in [0.3, 0.4) is 0 Å². The molecule has 94 valence electrons. The number of aromatic nitrogens is 1. The van der Waals surface area contributed by atoms with Crippen molar-refractivity contribution in [1.82, 2.24) is 9.88 Å². The van der Waals surface area contributed by atoms with E-state index in [2.05, 4.69) is 4.98 Å². The number of piperidine rings is 1. The van der Waals surface area contributed by atoms with Crippen LogP contribution >= 0.6 is 0 Å². The van der Waals surface area contributed by atoms with E-state index in [1.54, 1.807) is 23.2 Å². The minimum atomic E-state index is -0.0483. The van der Waals surface area contributed by atoms with Crippen molar-refractivity contribution in [3.8, 4) is 11.9 Å². The van der Waals surface area contributed by atoms with Gasteiger partial charge < -0.3 is 9.64 Å². The van der Waals surface area contributed by atoms with Crippen molar-refractivity contribution in [3.63, 3.8) is 0 Å². The van der Waals surface area contributed by atoms with Crippen molar-refractivity contribution < 1.29 is 9.53 Å². The summed E-state index contributed by atoms with van der Waals surface area (Å²) in [6, 6.07) is 5.56. The topological polar surface area (TPSA) is 66.2 Å². The van der Waals surface area contributed by atoms with E-state index in [1.165, 1.54) is 0 Å². The van der Waals surface area contributed by atoms with Gasteiger partial charge in [-0.05, 0) is 25.8 Å². The Morgan fingerprint density at radius 3 is 3.17 bits per heavy atom. The summed E-state index contributed by atoms with van der Waals surface area (Å²) in [5.41, 5.74) is 0.524. The molecule has 2 heterocycles. The van der Waals surface area contributed by atoms with Gasteiger partial charge in [0.05, 0.1) is 18.2 Å². The van der Waals surface area contributed by atoms with E-state index in [9.17, 15) is 4.79 Å². The zero-order valence-electron chi connectivity index (χ0n) is 10.2. The number of hydrogen-bond donors (Lipinski definition) is 0. The van der Waals surface area contributed by atoms with E-state index in [-0.39, 0.29) is 12.1 Å². The van der Waals surface area contributed by atoms with Crippen LogP contribution in [0, 0.1) is 11.3 Å². The average Bonchev–Trinajstić information content (AvgIpc) is 2.41. The quantitative estimate of drug-likeness (QED) is 0.754. The highest BCUT2D eigenvalue weighted by Crippen LogP contribution is 2.20. The summed E-state index contributed by atoms with van der Waals surface area (Å²) >= 11 is 0. The van der Waals surface area contributed by atoms with Crippen molar-refractivity contribution >= 4 is 6.41 Å². The Balaban J connectivity index is 2.01. The van der Waals surface area contributed by atoms with E-state index in [1.807, 2.05) is 13.0 Å². The summed E-state index contributed by atoms with van der Waals surface area (Å²) in [5.74, 6) is 0.444. The molecule has 18 heavy (non-hydrogen) atoms. The predicted octanol–water partition coefficient (Wildman–Crippen LogP) is 1.34. The highest BCUT2D eigenvalue weighted by atomic mass is 16.5. The molecule has 1 aromatic heterocycles. The molecule has 1 aliphatic rings. The van der Waals surface area contributed by atoms with E-state index >= 15 is 0 Å². The van der Waals surface area contributed by atoms with Crippen LogP contribution in [0.2, 0.25) is 0 Å². The number of rotatable bonds is 3. The first-order valence-electron chi connectivity index (χ1n) is 5.97. The van der Waals surface area contributed by atoms with Gasteiger partial charge in [0.2, 0.25) is 12.3 Å². The van der Waals surface area contributed by atoms with Gasteiger partial charge in [-0.3, -0.25) is 4.79 Å². The van der Waals surface area contributed by atoms with Crippen molar-refractivity contribution in [3.05, 3.63) is 23.9 Å². The van der Waals surface area contributed by atoms with Gasteiger partial charge in [-0.15, -0.1) is 0 Å². The largest absolute Gasteiger partial charge is 0.472 e. The number of likely N-dealkylation sites (tertiary alicyclic amines) is 1. The van der Waals surface area contributed by atoms with Crippen LogP contribution in [0.1, 0.15) is 25.3 Å². The van der Waals surface area contributed by atoms with Crippen LogP contribution in [0.5, 0.6) is 5.88 Å². The molecule has 0 radical (unpaired) electrons. The van der Waals surface area contributed by atoms with Crippen molar-refractivity contribution in [1.29, 1.82) is 5.26 Å². The van der Waals surface area contributed by atoms with E-state index in [0.717, 1.165) is 19.3 Å². The number of hydrogen-bond acceptors (Lipinski definition) is 4. The van der Waals surface area contributed by atoms with Gasteiger partial charge in [0.1, 0.15) is 6.10 Å². The average molecular weight is 245 g/mol. The highest BCUT2D eigenvalue weighted by molar-refractivity contribution is 5.48. The van der Waals surface area contributed by atoms with Gasteiger partial charge in [0, 0.05) is 18.3 Å². The standard InChI is InChI=1S/C13H15N3O2/c1-10-2-3-12(8-16(10)9-17)18-13-6-11(7-14)4-5-15-13/h4-6,9-10,12H,2-3,8H2,1H3/t10-,12-/m1/s1. The van der Waals surface area contributed by atoms with Gasteiger partial charge in [0.25, 0.3) is 0 Å². The summed E-state index contributed by atoms with van der Waals surface area (Å²) in [4.78, 5) is 16.7. The molecule has 1 aromatic rings. The van der Waals surface area contributed by atoms with Crippen LogP contribution in [0.15, 0.2) is 18.3 Å². The molecule has 1 aliphatic heterocycles. The Bertz CT molecular complexity index is 470. The van der Waals surface area contributed by atoms with Gasteiger partial charge in [0.15, 0.2) is 0 Å². The number of nitriles is 1. The molecule has 2 atom stereocenters. The predicted molar refractivity (Wildman–Crippen MR) is 64.8 cm³/mol. The fraction of sp³-hybridized carbons (Fsp3) is 0.462. The summed E-state index contributed by atoms with van der Waals surface area (Å²) in [5, 5.41) is 8.79. The lowest BCUT2D eigenvalue weighted by Gasteiger charge is -2.35. The van der Waals surface area contributed by atoms with Crippen LogP contribution in [-0.4, -0.2) is 35.0 Å². The second-order valence-electron chi connectivity index (χ2n) is 4.46. The van der Waals surface area contributed by atoms with Gasteiger partial charge >= 0.3 is 0 Å².